The molecule has 1 N–H and O–H groups in total. The molecule has 0 radical (unpaired) electrons. The van der Waals surface area contributed by atoms with Gasteiger partial charge in [-0.1, -0.05) is 11.8 Å². The molecule has 0 atom stereocenters. The van der Waals surface area contributed by atoms with Gasteiger partial charge in [0.05, 0.1) is 0 Å². The molecule has 0 bridgehead atoms. The van der Waals surface area contributed by atoms with Crippen molar-refractivity contribution in [2.45, 2.75) is 37.9 Å². The van der Waals surface area contributed by atoms with Crippen molar-refractivity contribution in [2.75, 3.05) is 6.26 Å². The number of nitrogens with one attached hydrogen (secondary N) is 1. The van der Waals surface area contributed by atoms with Gasteiger partial charge in [0.1, 0.15) is 12.2 Å². The lowest BCUT2D eigenvalue weighted by Gasteiger charge is -2.06. The number of nitrogens with zero attached hydrogens (tertiary/aromatic N) is 1. The monoisotopic (exact) mass is 258 g/mol. The Morgan fingerprint density at radius 2 is 1.76 bits per heavy atom. The standard InChI is InChI=1S/C10H14N2O4S/c1-17-8(11-9(13)15-6-2-3-6)12-10(14)16-7-4-5-7/h6-7H,2-5H2,1H3,(H,11,12,13,14). The number of aliphatic imine (C=N–C) groups is 1. The van der Waals surface area contributed by atoms with Gasteiger partial charge in [-0.3, -0.25) is 5.32 Å². The summed E-state index contributed by atoms with van der Waals surface area (Å²) in [6, 6.07) is 0. The molecule has 2 fully saturated rings. The number of rotatable bonds is 2. The van der Waals surface area contributed by atoms with Crippen molar-refractivity contribution in [3.05, 3.63) is 0 Å². The molecule has 0 unspecified atom stereocenters. The molecule has 17 heavy (non-hydrogen) atoms. The third-order valence-electron chi connectivity index (χ3n) is 2.19. The molecule has 2 amide bonds. The van der Waals surface area contributed by atoms with E-state index < -0.39 is 12.2 Å². The van der Waals surface area contributed by atoms with Crippen molar-refractivity contribution in [3.63, 3.8) is 0 Å². The first-order valence-electron chi connectivity index (χ1n) is 5.48. The van der Waals surface area contributed by atoms with Crippen molar-refractivity contribution in [1.29, 1.82) is 0 Å². The van der Waals surface area contributed by atoms with Crippen LogP contribution in [-0.2, 0) is 9.47 Å². The SMILES string of the molecule is CSC(=NC(=O)OC1CC1)NC(=O)OC1CC1. The summed E-state index contributed by atoms with van der Waals surface area (Å²) in [5.74, 6) is 0. The predicted molar refractivity (Wildman–Crippen MR) is 63.1 cm³/mol. The number of hydrogen-bond acceptors (Lipinski definition) is 5. The highest BCUT2D eigenvalue weighted by Gasteiger charge is 2.27. The third-order valence-corrected chi connectivity index (χ3v) is 2.77. The molecule has 6 nitrogen and oxygen atoms in total. The number of carbonyl (C=O) groups excluding carboxylic acids is 2. The lowest BCUT2D eigenvalue weighted by atomic mass is 10.8. The second kappa shape index (κ2) is 5.39. The van der Waals surface area contributed by atoms with Gasteiger partial charge in [-0.15, -0.1) is 0 Å². The second-order valence-electron chi connectivity index (χ2n) is 3.93. The zero-order chi connectivity index (χ0) is 12.3. The molecular weight excluding hydrogens is 244 g/mol. The van der Waals surface area contributed by atoms with Gasteiger partial charge >= 0.3 is 12.2 Å². The smallest absolute Gasteiger partial charge is 0.436 e. The molecule has 2 aliphatic rings. The molecule has 2 rings (SSSR count). The second-order valence-corrected chi connectivity index (χ2v) is 4.73. The van der Waals surface area contributed by atoms with Crippen LogP contribution in [0.1, 0.15) is 25.7 Å². The normalized spacial score (nSPS) is 19.7. The van der Waals surface area contributed by atoms with Crippen LogP contribution >= 0.6 is 11.8 Å². The average molecular weight is 258 g/mol. The Bertz CT molecular complexity index is 350. The molecule has 0 aromatic heterocycles. The fourth-order valence-electron chi connectivity index (χ4n) is 1.02. The molecule has 0 saturated heterocycles. The van der Waals surface area contributed by atoms with Crippen molar-refractivity contribution in [3.8, 4) is 0 Å². The Kier molecular flexibility index (Phi) is 3.88. The van der Waals surface area contributed by atoms with Gasteiger partial charge in [-0.2, -0.15) is 4.99 Å². The molecule has 0 aliphatic heterocycles. The van der Waals surface area contributed by atoms with E-state index in [9.17, 15) is 9.59 Å². The maximum atomic E-state index is 11.3. The maximum absolute atomic E-state index is 11.3. The van der Waals surface area contributed by atoms with Gasteiger partial charge < -0.3 is 9.47 Å². The molecular formula is C10H14N2O4S. The summed E-state index contributed by atoms with van der Waals surface area (Å²) in [5.41, 5.74) is 0. The molecule has 7 heteroatoms. The molecule has 0 aromatic carbocycles. The number of alkyl carbamates (subject to hydrolysis) is 1. The van der Waals surface area contributed by atoms with Crippen LogP contribution in [0.4, 0.5) is 9.59 Å². The highest BCUT2D eigenvalue weighted by molar-refractivity contribution is 8.13. The molecule has 94 valence electrons. The van der Waals surface area contributed by atoms with Crippen molar-refractivity contribution < 1.29 is 19.1 Å². The van der Waals surface area contributed by atoms with E-state index in [0.29, 0.717) is 0 Å². The number of amides is 2. The first-order chi connectivity index (χ1) is 8.17. The Labute approximate surface area is 103 Å². The van der Waals surface area contributed by atoms with Crippen LogP contribution in [0.25, 0.3) is 0 Å². The fraction of sp³-hybridized carbons (Fsp3) is 0.700. The lowest BCUT2D eigenvalue weighted by molar-refractivity contribution is 0.144. The Hall–Kier alpha value is -1.24. The van der Waals surface area contributed by atoms with E-state index in [1.165, 1.54) is 0 Å². The highest BCUT2D eigenvalue weighted by atomic mass is 32.2. The van der Waals surface area contributed by atoms with E-state index in [1.54, 1.807) is 6.26 Å². The predicted octanol–water partition coefficient (Wildman–Crippen LogP) is 1.89. The third kappa shape index (κ3) is 4.64. The summed E-state index contributed by atoms with van der Waals surface area (Å²) < 4.78 is 9.91. The largest absolute Gasteiger partial charge is 0.446 e. The fourth-order valence-corrected chi connectivity index (χ4v) is 1.37. The van der Waals surface area contributed by atoms with Crippen LogP contribution in [0.2, 0.25) is 0 Å². The zero-order valence-corrected chi connectivity index (χ0v) is 10.3. The van der Waals surface area contributed by atoms with Crippen LogP contribution in [-0.4, -0.2) is 35.8 Å². The first kappa shape index (κ1) is 12.2. The number of carbonyl (C=O) groups is 2. The summed E-state index contributed by atoms with van der Waals surface area (Å²) in [6.07, 6.45) is 4.11. The van der Waals surface area contributed by atoms with Crippen LogP contribution in [0.3, 0.4) is 0 Å². The van der Waals surface area contributed by atoms with E-state index >= 15 is 0 Å². The number of ether oxygens (including phenoxy) is 2. The van der Waals surface area contributed by atoms with Gasteiger partial charge in [0.15, 0.2) is 5.17 Å². The van der Waals surface area contributed by atoms with Crippen molar-refractivity contribution in [2.24, 2.45) is 4.99 Å². The van der Waals surface area contributed by atoms with E-state index in [4.69, 9.17) is 9.47 Å². The van der Waals surface area contributed by atoms with Gasteiger partial charge in [-0.05, 0) is 31.9 Å². The lowest BCUT2D eigenvalue weighted by Crippen LogP contribution is -2.30. The molecule has 2 saturated carbocycles. The average Bonchev–Trinajstić information content (AvgIpc) is 3.12. The minimum absolute atomic E-state index is 0.00720. The molecule has 0 aromatic rings. The van der Waals surface area contributed by atoms with Crippen LogP contribution in [0.5, 0.6) is 0 Å². The van der Waals surface area contributed by atoms with Crippen LogP contribution < -0.4 is 5.32 Å². The number of amidine groups is 1. The maximum Gasteiger partial charge on any atom is 0.436 e. The summed E-state index contributed by atoms with van der Waals surface area (Å²) in [5, 5.41) is 2.61. The Morgan fingerprint density at radius 3 is 2.29 bits per heavy atom. The van der Waals surface area contributed by atoms with Gasteiger partial charge in [0.2, 0.25) is 0 Å². The number of hydrogen-bond donors (Lipinski definition) is 1. The summed E-state index contributed by atoms with van der Waals surface area (Å²) in [7, 11) is 0. The molecule has 2 aliphatic carbocycles. The minimum atomic E-state index is -0.663. The van der Waals surface area contributed by atoms with E-state index in [-0.39, 0.29) is 17.4 Å². The highest BCUT2D eigenvalue weighted by Crippen LogP contribution is 2.24. The van der Waals surface area contributed by atoms with E-state index in [1.807, 2.05) is 0 Å². The van der Waals surface area contributed by atoms with Crippen molar-refractivity contribution >= 4 is 29.1 Å². The zero-order valence-electron chi connectivity index (χ0n) is 9.47. The first-order valence-corrected chi connectivity index (χ1v) is 6.71. The quantitative estimate of drug-likeness (QED) is 0.604. The Morgan fingerprint density at radius 1 is 1.18 bits per heavy atom. The topological polar surface area (TPSA) is 77.0 Å². The van der Waals surface area contributed by atoms with Crippen LogP contribution in [0, 0.1) is 0 Å². The van der Waals surface area contributed by atoms with Crippen molar-refractivity contribution in [1.82, 2.24) is 5.32 Å². The minimum Gasteiger partial charge on any atom is -0.446 e. The Balaban J connectivity index is 1.78. The van der Waals surface area contributed by atoms with Gasteiger partial charge in [0, 0.05) is 0 Å². The molecule has 0 spiro atoms. The van der Waals surface area contributed by atoms with E-state index in [2.05, 4.69) is 10.3 Å². The van der Waals surface area contributed by atoms with Crippen LogP contribution in [0.15, 0.2) is 4.99 Å². The summed E-state index contributed by atoms with van der Waals surface area (Å²) in [4.78, 5) is 26.2. The summed E-state index contributed by atoms with van der Waals surface area (Å²) >= 11 is 1.16. The number of thioether (sulfide) groups is 1. The van der Waals surface area contributed by atoms with Gasteiger partial charge in [0.25, 0.3) is 0 Å². The molecule has 0 heterocycles. The van der Waals surface area contributed by atoms with Gasteiger partial charge in [-0.25, -0.2) is 9.59 Å². The summed E-state index contributed by atoms with van der Waals surface area (Å²) in [6.45, 7) is 0. The van der Waals surface area contributed by atoms with E-state index in [0.717, 1.165) is 37.4 Å².